The second-order valence-electron chi connectivity index (χ2n) is 8.27. The molecular weight excluding hydrogens is 370 g/mol. The summed E-state index contributed by atoms with van der Waals surface area (Å²) >= 11 is 1.84. The van der Waals surface area contributed by atoms with Gasteiger partial charge in [-0.3, -0.25) is 5.10 Å². The molecule has 0 radical (unpaired) electrons. The number of aromatic amines is 1. The van der Waals surface area contributed by atoms with Crippen molar-refractivity contribution in [1.29, 1.82) is 0 Å². The van der Waals surface area contributed by atoms with Crippen LogP contribution in [0.3, 0.4) is 0 Å². The number of hydrogen-bond donors (Lipinski definition) is 2. The number of nitrogens with one attached hydrogen (secondary N) is 1. The fraction of sp³-hybridized carbons (Fsp3) is 0.476. The van der Waals surface area contributed by atoms with Crippen LogP contribution in [0.2, 0.25) is 0 Å². The van der Waals surface area contributed by atoms with Crippen LogP contribution in [0, 0.1) is 6.92 Å². The van der Waals surface area contributed by atoms with Gasteiger partial charge in [-0.2, -0.15) is 16.9 Å². The highest BCUT2D eigenvalue weighted by molar-refractivity contribution is 8.00. The molecule has 1 unspecified atom stereocenters. The summed E-state index contributed by atoms with van der Waals surface area (Å²) in [5.41, 5.74) is 4.64. The molecule has 146 valence electrons. The molecule has 1 aliphatic carbocycles. The topological polar surface area (TPSA) is 79.6 Å². The maximum atomic E-state index is 9.80. The van der Waals surface area contributed by atoms with Gasteiger partial charge in [0.25, 0.3) is 0 Å². The van der Waals surface area contributed by atoms with E-state index in [2.05, 4.69) is 56.2 Å². The van der Waals surface area contributed by atoms with Crippen molar-refractivity contribution in [3.05, 3.63) is 53.4 Å². The van der Waals surface area contributed by atoms with Crippen LogP contribution in [0.15, 0.2) is 30.5 Å². The minimum atomic E-state index is -0.167. The van der Waals surface area contributed by atoms with Crippen molar-refractivity contribution in [2.75, 3.05) is 12.4 Å². The Hall–Kier alpha value is -2.12. The Bertz CT molecular complexity index is 1000. The van der Waals surface area contributed by atoms with Crippen LogP contribution in [-0.2, 0) is 18.4 Å². The molecule has 1 atom stereocenters. The summed E-state index contributed by atoms with van der Waals surface area (Å²) < 4.78 is 2.15. The Kier molecular flexibility index (Phi) is 4.14. The number of thioether (sulfide) groups is 1. The van der Waals surface area contributed by atoms with Gasteiger partial charge in [-0.25, -0.2) is 0 Å². The Balaban J connectivity index is 1.48. The molecular formula is C21H25N5OS. The lowest BCUT2D eigenvalue weighted by Crippen LogP contribution is -2.28. The molecule has 1 fully saturated rings. The van der Waals surface area contributed by atoms with Gasteiger partial charge in [0.05, 0.1) is 17.7 Å². The molecule has 7 heteroatoms. The van der Waals surface area contributed by atoms with Crippen molar-refractivity contribution in [3.8, 4) is 11.1 Å². The molecule has 28 heavy (non-hydrogen) atoms. The standard InChI is InChI=1S/C21H25N5OS/c1-14-17(12-22-23-14)15-3-5-16(6-4-15)21(7-8-21)19-25-24-18-11-20(2,13-27)28-10-9-26(18)19/h3-6,12,27H,7-11,13H2,1-2H3,(H,22,23). The monoisotopic (exact) mass is 395 g/mol. The maximum absolute atomic E-state index is 9.80. The molecule has 6 nitrogen and oxygen atoms in total. The molecule has 0 amide bonds. The van der Waals surface area contributed by atoms with E-state index in [0.29, 0.717) is 0 Å². The van der Waals surface area contributed by atoms with Gasteiger partial charge < -0.3 is 9.67 Å². The highest BCUT2D eigenvalue weighted by atomic mass is 32.2. The first-order valence-corrected chi connectivity index (χ1v) is 10.8. The molecule has 0 saturated heterocycles. The maximum Gasteiger partial charge on any atom is 0.143 e. The Morgan fingerprint density at radius 1 is 1.21 bits per heavy atom. The predicted octanol–water partition coefficient (Wildman–Crippen LogP) is 3.10. The van der Waals surface area contributed by atoms with Gasteiger partial charge in [0.1, 0.15) is 11.6 Å². The van der Waals surface area contributed by atoms with Gasteiger partial charge in [0.15, 0.2) is 0 Å². The molecule has 5 rings (SSSR count). The van der Waals surface area contributed by atoms with Gasteiger partial charge in [0.2, 0.25) is 0 Å². The Labute approximate surface area is 168 Å². The summed E-state index contributed by atoms with van der Waals surface area (Å²) in [6.45, 7) is 5.21. The van der Waals surface area contributed by atoms with E-state index in [-0.39, 0.29) is 16.8 Å². The second kappa shape index (κ2) is 6.46. The third kappa shape index (κ3) is 2.79. The largest absolute Gasteiger partial charge is 0.395 e. The minimum absolute atomic E-state index is 0.0140. The van der Waals surface area contributed by atoms with Gasteiger partial charge >= 0.3 is 0 Å². The van der Waals surface area contributed by atoms with Crippen LogP contribution in [0.4, 0.5) is 0 Å². The molecule has 3 heterocycles. The Morgan fingerprint density at radius 2 is 2.00 bits per heavy atom. The van der Waals surface area contributed by atoms with E-state index in [0.717, 1.165) is 54.5 Å². The predicted molar refractivity (Wildman–Crippen MR) is 110 cm³/mol. The average Bonchev–Trinajstić information content (AvgIpc) is 3.31. The molecule has 0 spiro atoms. The van der Waals surface area contributed by atoms with Crippen LogP contribution in [-0.4, -0.2) is 47.2 Å². The van der Waals surface area contributed by atoms with E-state index < -0.39 is 0 Å². The Morgan fingerprint density at radius 3 is 2.64 bits per heavy atom. The number of aliphatic hydroxyl groups excluding tert-OH is 1. The number of aromatic nitrogens is 5. The zero-order valence-electron chi connectivity index (χ0n) is 16.3. The molecule has 3 aromatic rings. The molecule has 2 N–H and O–H groups in total. The summed E-state index contributed by atoms with van der Waals surface area (Å²) in [7, 11) is 0. The summed E-state index contributed by atoms with van der Waals surface area (Å²) in [5.74, 6) is 3.08. The van der Waals surface area contributed by atoms with Crippen molar-refractivity contribution >= 4 is 11.8 Å². The van der Waals surface area contributed by atoms with Crippen molar-refractivity contribution in [2.24, 2.45) is 0 Å². The highest BCUT2D eigenvalue weighted by Gasteiger charge is 2.50. The van der Waals surface area contributed by atoms with E-state index in [9.17, 15) is 5.11 Å². The van der Waals surface area contributed by atoms with E-state index in [4.69, 9.17) is 0 Å². The number of H-pyrrole nitrogens is 1. The lowest BCUT2D eigenvalue weighted by atomic mass is 9.93. The van der Waals surface area contributed by atoms with Gasteiger partial charge in [0, 0.05) is 35.2 Å². The summed E-state index contributed by atoms with van der Waals surface area (Å²) in [6, 6.07) is 8.84. The smallest absolute Gasteiger partial charge is 0.143 e. The first-order chi connectivity index (χ1) is 13.5. The third-order valence-electron chi connectivity index (χ3n) is 6.22. The first-order valence-electron chi connectivity index (χ1n) is 9.83. The molecule has 1 aliphatic heterocycles. The minimum Gasteiger partial charge on any atom is -0.395 e. The van der Waals surface area contributed by atoms with E-state index in [1.54, 1.807) is 0 Å². The van der Waals surface area contributed by atoms with Crippen LogP contribution in [0.5, 0.6) is 0 Å². The van der Waals surface area contributed by atoms with Gasteiger partial charge in [-0.05, 0) is 37.8 Å². The zero-order valence-corrected chi connectivity index (χ0v) is 17.1. The number of aryl methyl sites for hydroxylation is 1. The normalized spacial score (nSPS) is 23.2. The first kappa shape index (κ1) is 17.9. The fourth-order valence-corrected chi connectivity index (χ4v) is 5.40. The zero-order chi connectivity index (χ0) is 19.4. The lowest BCUT2D eigenvalue weighted by molar-refractivity contribution is 0.254. The average molecular weight is 396 g/mol. The van der Waals surface area contributed by atoms with Crippen molar-refractivity contribution in [2.45, 2.75) is 49.8 Å². The van der Waals surface area contributed by atoms with Gasteiger partial charge in [-0.1, -0.05) is 24.3 Å². The molecule has 0 bridgehead atoms. The quantitative estimate of drug-likeness (QED) is 0.710. The second-order valence-corrected chi connectivity index (χ2v) is 9.95. The van der Waals surface area contributed by atoms with Crippen LogP contribution < -0.4 is 0 Å². The number of fused-ring (bicyclic) bond motifs is 1. The molecule has 2 aromatic heterocycles. The van der Waals surface area contributed by atoms with E-state index in [1.807, 2.05) is 24.9 Å². The lowest BCUT2D eigenvalue weighted by Gasteiger charge is -2.23. The number of nitrogens with zero attached hydrogens (tertiary/aromatic N) is 4. The number of aliphatic hydroxyl groups is 1. The van der Waals surface area contributed by atoms with Crippen LogP contribution >= 0.6 is 11.8 Å². The SMILES string of the molecule is Cc1n[nH]cc1-c1ccc(C2(c3nnc4n3CCSC(C)(CO)C4)CC2)cc1. The van der Waals surface area contributed by atoms with Crippen LogP contribution in [0.25, 0.3) is 11.1 Å². The van der Waals surface area contributed by atoms with Crippen molar-refractivity contribution < 1.29 is 5.11 Å². The van der Waals surface area contributed by atoms with Gasteiger partial charge in [-0.15, -0.1) is 10.2 Å². The summed E-state index contributed by atoms with van der Waals surface area (Å²) in [5, 5.41) is 26.1. The number of benzene rings is 1. The molecule has 2 aliphatic rings. The highest BCUT2D eigenvalue weighted by Crippen LogP contribution is 2.53. The van der Waals surface area contributed by atoms with Crippen molar-refractivity contribution in [3.63, 3.8) is 0 Å². The third-order valence-corrected chi connectivity index (χ3v) is 7.57. The molecule has 1 saturated carbocycles. The molecule has 1 aromatic carbocycles. The van der Waals surface area contributed by atoms with E-state index in [1.165, 1.54) is 11.1 Å². The summed E-state index contributed by atoms with van der Waals surface area (Å²) in [6.07, 6.45) is 4.93. The van der Waals surface area contributed by atoms with Crippen LogP contribution in [0.1, 0.15) is 42.7 Å². The number of rotatable bonds is 4. The van der Waals surface area contributed by atoms with E-state index >= 15 is 0 Å². The summed E-state index contributed by atoms with van der Waals surface area (Å²) in [4.78, 5) is 0. The fourth-order valence-electron chi connectivity index (χ4n) is 4.31. The van der Waals surface area contributed by atoms with Crippen molar-refractivity contribution in [1.82, 2.24) is 25.0 Å². The number of hydrogen-bond acceptors (Lipinski definition) is 5.